The van der Waals surface area contributed by atoms with Crippen molar-refractivity contribution in [2.24, 2.45) is 0 Å². The lowest BCUT2D eigenvalue weighted by molar-refractivity contribution is 0.0515. The molecule has 2 unspecified atom stereocenters. The van der Waals surface area contributed by atoms with Gasteiger partial charge in [0.15, 0.2) is 0 Å². The molecule has 0 saturated carbocycles. The highest BCUT2D eigenvalue weighted by molar-refractivity contribution is 14.1. The van der Waals surface area contributed by atoms with E-state index in [-0.39, 0.29) is 12.4 Å². The zero-order valence-corrected chi connectivity index (χ0v) is 13.6. The molecule has 0 aliphatic carbocycles. The first-order valence-corrected chi connectivity index (χ1v) is 7.94. The smallest absolute Gasteiger partial charge is 0.0361 e. The average Bonchev–Trinajstić information content (AvgIpc) is 2.39. The zero-order chi connectivity index (χ0) is 11.7. The van der Waals surface area contributed by atoms with Gasteiger partial charge < -0.3 is 0 Å². The van der Waals surface area contributed by atoms with Crippen LogP contribution in [-0.2, 0) is 0 Å². The Labute approximate surface area is 130 Å². The highest BCUT2D eigenvalue weighted by Gasteiger charge is 2.33. The molecule has 2 aliphatic heterocycles. The topological polar surface area (TPSA) is 3.24 Å². The van der Waals surface area contributed by atoms with Crippen molar-refractivity contribution in [2.75, 3.05) is 6.54 Å². The van der Waals surface area contributed by atoms with E-state index in [1.165, 1.54) is 48.6 Å². The average molecular weight is 378 g/mol. The largest absolute Gasteiger partial charge is 0.293 e. The van der Waals surface area contributed by atoms with Gasteiger partial charge in [0.1, 0.15) is 0 Å². The quantitative estimate of drug-likeness (QED) is 0.636. The molecule has 2 atom stereocenters. The van der Waals surface area contributed by atoms with Crippen LogP contribution in [0, 0.1) is 3.57 Å². The number of hydrogen-bond donors (Lipinski definition) is 0. The van der Waals surface area contributed by atoms with E-state index >= 15 is 0 Å². The fraction of sp³-hybridized carbons (Fsp3) is 0.600. The number of halogens is 2. The van der Waals surface area contributed by atoms with Gasteiger partial charge in [0.2, 0.25) is 0 Å². The maximum Gasteiger partial charge on any atom is 0.0361 e. The Balaban J connectivity index is 0.00000120. The predicted molar refractivity (Wildman–Crippen MR) is 87.3 cm³/mol. The summed E-state index contributed by atoms with van der Waals surface area (Å²) in [5.74, 6) is 0. The van der Waals surface area contributed by atoms with Gasteiger partial charge in [0.05, 0.1) is 0 Å². The van der Waals surface area contributed by atoms with Gasteiger partial charge in [-0.05, 0) is 72.9 Å². The third-order valence-electron chi connectivity index (χ3n) is 4.35. The summed E-state index contributed by atoms with van der Waals surface area (Å²) in [6, 6.07) is 10.5. The van der Waals surface area contributed by atoms with Crippen LogP contribution in [0.2, 0.25) is 0 Å². The third kappa shape index (κ3) is 2.86. The minimum absolute atomic E-state index is 0. The van der Waals surface area contributed by atoms with E-state index in [9.17, 15) is 0 Å². The lowest BCUT2D eigenvalue weighted by atomic mass is 9.86. The first-order chi connectivity index (χ1) is 8.36. The molecule has 2 heterocycles. The molecule has 0 N–H and O–H groups in total. The second-order valence-corrected chi connectivity index (χ2v) is 6.52. The number of hydrogen-bond acceptors (Lipinski definition) is 1. The van der Waals surface area contributed by atoms with E-state index < -0.39 is 0 Å². The fourth-order valence-electron chi connectivity index (χ4n) is 3.54. The van der Waals surface area contributed by atoms with Gasteiger partial charge in [-0.2, -0.15) is 0 Å². The molecule has 0 aromatic heterocycles. The fourth-order valence-corrected chi connectivity index (χ4v) is 4.28. The first kappa shape index (κ1) is 14.6. The van der Waals surface area contributed by atoms with Gasteiger partial charge in [0.25, 0.3) is 0 Å². The Morgan fingerprint density at radius 2 is 1.78 bits per heavy atom. The van der Waals surface area contributed by atoms with Crippen molar-refractivity contribution in [3.05, 3.63) is 33.4 Å². The van der Waals surface area contributed by atoms with Crippen LogP contribution in [0.4, 0.5) is 0 Å². The molecule has 2 fully saturated rings. The summed E-state index contributed by atoms with van der Waals surface area (Å²) in [6.45, 7) is 1.32. The van der Waals surface area contributed by atoms with Crippen molar-refractivity contribution in [1.82, 2.24) is 4.90 Å². The lowest BCUT2D eigenvalue weighted by Crippen LogP contribution is -2.44. The number of nitrogens with zero attached hydrogens (tertiary/aromatic N) is 1. The Bertz CT molecular complexity index is 394. The van der Waals surface area contributed by atoms with Crippen molar-refractivity contribution in [3.63, 3.8) is 0 Å². The van der Waals surface area contributed by atoms with Crippen molar-refractivity contribution in [1.29, 1.82) is 0 Å². The Morgan fingerprint density at radius 3 is 2.61 bits per heavy atom. The van der Waals surface area contributed by atoms with Gasteiger partial charge >= 0.3 is 0 Å². The lowest BCUT2D eigenvalue weighted by Gasteiger charge is -2.45. The van der Waals surface area contributed by atoms with Crippen molar-refractivity contribution < 1.29 is 0 Å². The molecule has 1 aromatic carbocycles. The highest BCUT2D eigenvalue weighted by atomic mass is 127. The summed E-state index contributed by atoms with van der Waals surface area (Å²) in [5, 5.41) is 0. The summed E-state index contributed by atoms with van der Waals surface area (Å²) < 4.78 is 1.45. The molecule has 3 rings (SSSR count). The number of piperidine rings is 2. The maximum absolute atomic E-state index is 2.80. The van der Waals surface area contributed by atoms with Crippen LogP contribution in [0.1, 0.15) is 50.1 Å². The summed E-state index contributed by atoms with van der Waals surface area (Å²) in [4.78, 5) is 2.80. The molecule has 3 heteroatoms. The molecular weight excluding hydrogens is 357 g/mol. The van der Waals surface area contributed by atoms with E-state index in [0.29, 0.717) is 6.04 Å². The molecule has 2 aliphatic rings. The molecule has 0 bridgehead atoms. The van der Waals surface area contributed by atoms with Crippen molar-refractivity contribution >= 4 is 35.0 Å². The van der Waals surface area contributed by atoms with Gasteiger partial charge in [-0.15, -0.1) is 12.4 Å². The van der Waals surface area contributed by atoms with E-state index in [4.69, 9.17) is 0 Å². The highest BCUT2D eigenvalue weighted by Crippen LogP contribution is 2.39. The zero-order valence-electron chi connectivity index (χ0n) is 10.6. The monoisotopic (exact) mass is 377 g/mol. The standard InChI is InChI=1S/C15H20IN.ClH/c16-14-9-2-1-8-13(14)15-10-5-7-12-6-3-4-11-17(12)15;/h1-2,8-9,12,15H,3-7,10-11H2;1H. The molecule has 1 aromatic rings. The Morgan fingerprint density at radius 1 is 1.00 bits per heavy atom. The molecule has 1 nitrogen and oxygen atoms in total. The summed E-state index contributed by atoms with van der Waals surface area (Å²) >= 11 is 2.50. The van der Waals surface area contributed by atoms with E-state index in [1.54, 1.807) is 5.56 Å². The van der Waals surface area contributed by atoms with Gasteiger partial charge in [-0.1, -0.05) is 24.6 Å². The number of fused-ring (bicyclic) bond motifs is 1. The van der Waals surface area contributed by atoms with Gasteiger partial charge in [-0.3, -0.25) is 4.90 Å². The first-order valence-electron chi connectivity index (χ1n) is 6.86. The Kier molecular flexibility index (Phi) is 5.34. The summed E-state index contributed by atoms with van der Waals surface area (Å²) in [6.07, 6.45) is 8.48. The second kappa shape index (κ2) is 6.58. The van der Waals surface area contributed by atoms with Crippen LogP contribution in [0.5, 0.6) is 0 Å². The predicted octanol–water partition coefficient (Wildman–Crippen LogP) is 4.79. The summed E-state index contributed by atoms with van der Waals surface area (Å²) in [5.41, 5.74) is 1.57. The normalized spacial score (nSPS) is 28.3. The van der Waals surface area contributed by atoms with Gasteiger partial charge in [-0.25, -0.2) is 0 Å². The third-order valence-corrected chi connectivity index (χ3v) is 5.33. The maximum atomic E-state index is 2.80. The van der Waals surface area contributed by atoms with Crippen LogP contribution in [0.3, 0.4) is 0 Å². The minimum Gasteiger partial charge on any atom is -0.293 e. The second-order valence-electron chi connectivity index (χ2n) is 5.36. The molecule has 0 spiro atoms. The number of benzene rings is 1. The molecule has 2 saturated heterocycles. The molecule has 18 heavy (non-hydrogen) atoms. The van der Waals surface area contributed by atoms with Crippen LogP contribution in [-0.4, -0.2) is 17.5 Å². The van der Waals surface area contributed by atoms with Crippen LogP contribution in [0.15, 0.2) is 24.3 Å². The van der Waals surface area contributed by atoms with E-state index in [1.807, 2.05) is 0 Å². The molecule has 0 amide bonds. The molecule has 0 radical (unpaired) electrons. The van der Waals surface area contributed by atoms with Crippen LogP contribution < -0.4 is 0 Å². The van der Waals surface area contributed by atoms with E-state index in [0.717, 1.165) is 6.04 Å². The van der Waals surface area contributed by atoms with Crippen LogP contribution in [0.25, 0.3) is 0 Å². The SMILES string of the molecule is Cl.Ic1ccccc1C1CCCC2CCCCN21. The van der Waals surface area contributed by atoms with Crippen molar-refractivity contribution in [3.8, 4) is 0 Å². The van der Waals surface area contributed by atoms with Crippen LogP contribution >= 0.6 is 35.0 Å². The molecule has 100 valence electrons. The minimum atomic E-state index is 0. The Hall–Kier alpha value is 0.200. The van der Waals surface area contributed by atoms with Crippen molar-refractivity contribution in [2.45, 2.75) is 50.6 Å². The summed E-state index contributed by atoms with van der Waals surface area (Å²) in [7, 11) is 0. The molecular formula is C15H21ClIN. The van der Waals surface area contributed by atoms with Gasteiger partial charge in [0, 0.05) is 15.7 Å². The van der Waals surface area contributed by atoms with E-state index in [2.05, 4.69) is 51.8 Å². The number of rotatable bonds is 1.